The molecule has 0 saturated carbocycles. The Morgan fingerprint density at radius 1 is 1.09 bits per heavy atom. The van der Waals surface area contributed by atoms with Gasteiger partial charge in [0.15, 0.2) is 0 Å². The highest BCUT2D eigenvalue weighted by atomic mass is 35.5. The fraction of sp³-hybridized carbons (Fsp3) is 0.217. The molecule has 0 fully saturated rings. The normalized spacial score (nSPS) is 11.8. The van der Waals surface area contributed by atoms with Crippen molar-refractivity contribution in [2.45, 2.75) is 25.4 Å². The molecule has 0 spiro atoms. The van der Waals surface area contributed by atoms with Crippen LogP contribution in [0.4, 0.5) is 5.69 Å². The van der Waals surface area contributed by atoms with Gasteiger partial charge in [-0.2, -0.15) is 0 Å². The predicted molar refractivity (Wildman–Crippen MR) is 125 cm³/mol. The van der Waals surface area contributed by atoms with E-state index >= 15 is 0 Å². The number of carboxylic acid groups (broad SMARTS) is 1. The van der Waals surface area contributed by atoms with Gasteiger partial charge in [-0.3, -0.25) is 10.1 Å². The molecule has 0 bridgehead atoms. The minimum atomic E-state index is -1.12. The number of carboxylic acids is 1. The van der Waals surface area contributed by atoms with Crippen LogP contribution in [0.25, 0.3) is 11.3 Å². The van der Waals surface area contributed by atoms with Gasteiger partial charge in [-0.1, -0.05) is 35.3 Å². The quantitative estimate of drug-likeness (QED) is 0.334. The molecule has 9 heteroatoms. The van der Waals surface area contributed by atoms with Gasteiger partial charge in [0.1, 0.15) is 11.5 Å². The van der Waals surface area contributed by atoms with Crippen molar-refractivity contribution in [2.75, 3.05) is 11.9 Å². The van der Waals surface area contributed by atoms with E-state index in [1.165, 1.54) is 6.07 Å². The van der Waals surface area contributed by atoms with Gasteiger partial charge in [-0.15, -0.1) is 0 Å². The van der Waals surface area contributed by atoms with Gasteiger partial charge in [-0.05, 0) is 61.9 Å². The lowest BCUT2D eigenvalue weighted by Gasteiger charge is -2.18. The summed E-state index contributed by atoms with van der Waals surface area (Å²) in [6.45, 7) is 0.705. The first kappa shape index (κ1) is 23.8. The molecular formula is C23H23Cl2N3O4. The van der Waals surface area contributed by atoms with Crippen molar-refractivity contribution in [2.24, 2.45) is 5.73 Å². The third-order valence-corrected chi connectivity index (χ3v) is 5.37. The second-order valence-corrected chi connectivity index (χ2v) is 7.94. The second kappa shape index (κ2) is 11.2. The van der Waals surface area contributed by atoms with E-state index in [1.807, 2.05) is 0 Å². The van der Waals surface area contributed by atoms with Crippen molar-refractivity contribution < 1.29 is 19.1 Å². The molecule has 0 aliphatic carbocycles. The second-order valence-electron chi connectivity index (χ2n) is 7.09. The average molecular weight is 476 g/mol. The molecule has 5 N–H and O–H groups in total. The number of aromatic carboxylic acids is 1. The Kier molecular flexibility index (Phi) is 8.30. The number of anilines is 1. The van der Waals surface area contributed by atoms with Gasteiger partial charge in [0.2, 0.25) is 5.91 Å². The zero-order valence-electron chi connectivity index (χ0n) is 17.1. The molecule has 2 aromatic carbocycles. The third-order valence-electron chi connectivity index (χ3n) is 4.81. The maximum absolute atomic E-state index is 12.9. The molecule has 0 saturated heterocycles. The molecule has 1 atom stereocenters. The number of nitrogens with two attached hydrogens (primary N) is 1. The molecule has 32 heavy (non-hydrogen) atoms. The van der Waals surface area contributed by atoms with Crippen molar-refractivity contribution in [1.82, 2.24) is 5.32 Å². The van der Waals surface area contributed by atoms with Crippen molar-refractivity contribution in [3.8, 4) is 11.3 Å². The van der Waals surface area contributed by atoms with Gasteiger partial charge in [0.05, 0.1) is 28.9 Å². The SMILES string of the molecule is NCCCC(NCc1ccc(-c2cc(Cl)ccc2Cl)o1)C(=O)Nc1ccccc1C(=O)O. The van der Waals surface area contributed by atoms with E-state index in [1.54, 1.807) is 48.5 Å². The van der Waals surface area contributed by atoms with E-state index in [4.69, 9.17) is 33.4 Å². The molecule has 168 valence electrons. The Balaban J connectivity index is 1.70. The summed E-state index contributed by atoms with van der Waals surface area (Å²) in [5.41, 5.74) is 6.55. The van der Waals surface area contributed by atoms with Crippen molar-refractivity contribution >= 4 is 40.8 Å². The smallest absolute Gasteiger partial charge is 0.337 e. The van der Waals surface area contributed by atoms with Crippen LogP contribution in [0, 0.1) is 0 Å². The average Bonchev–Trinajstić information content (AvgIpc) is 3.24. The molecule has 0 aliphatic heterocycles. The number of rotatable bonds is 10. The first-order valence-corrected chi connectivity index (χ1v) is 10.8. The number of carbonyl (C=O) groups excluding carboxylic acids is 1. The highest BCUT2D eigenvalue weighted by Crippen LogP contribution is 2.31. The number of halogens is 2. The first-order valence-electron chi connectivity index (χ1n) is 10.00. The van der Waals surface area contributed by atoms with Crippen LogP contribution in [0.15, 0.2) is 59.0 Å². The van der Waals surface area contributed by atoms with Crippen molar-refractivity contribution in [1.29, 1.82) is 0 Å². The highest BCUT2D eigenvalue weighted by Gasteiger charge is 2.20. The fourth-order valence-electron chi connectivity index (χ4n) is 3.17. The van der Waals surface area contributed by atoms with Gasteiger partial charge in [0.25, 0.3) is 0 Å². The molecular weight excluding hydrogens is 453 g/mol. The highest BCUT2D eigenvalue weighted by molar-refractivity contribution is 6.35. The zero-order chi connectivity index (χ0) is 23.1. The van der Waals surface area contributed by atoms with Crippen molar-refractivity contribution in [3.05, 3.63) is 76.0 Å². The monoisotopic (exact) mass is 475 g/mol. The standard InChI is InChI=1S/C23H23Cl2N3O4/c24-14-7-9-18(25)17(12-14)21-10-8-15(32-21)13-27-20(6-3-11-26)22(29)28-19-5-2-1-4-16(19)23(30)31/h1-2,4-5,7-10,12,20,27H,3,6,11,13,26H2,(H,28,29)(H,30,31). The van der Waals surface area contributed by atoms with E-state index in [0.717, 1.165) is 0 Å². The first-order chi connectivity index (χ1) is 15.4. The number of furan rings is 1. The van der Waals surface area contributed by atoms with Crippen LogP contribution >= 0.6 is 23.2 Å². The van der Waals surface area contributed by atoms with Crippen molar-refractivity contribution in [3.63, 3.8) is 0 Å². The molecule has 1 amide bonds. The largest absolute Gasteiger partial charge is 0.478 e. The minimum absolute atomic E-state index is 0.0208. The van der Waals surface area contributed by atoms with Gasteiger partial charge >= 0.3 is 5.97 Å². The van der Waals surface area contributed by atoms with Crippen LogP contribution in [0.3, 0.4) is 0 Å². The summed E-state index contributed by atoms with van der Waals surface area (Å²) in [5, 5.41) is 16.2. The molecule has 1 heterocycles. The summed E-state index contributed by atoms with van der Waals surface area (Å²) < 4.78 is 5.87. The van der Waals surface area contributed by atoms with E-state index in [2.05, 4.69) is 10.6 Å². The maximum atomic E-state index is 12.9. The van der Waals surface area contributed by atoms with Gasteiger partial charge in [0, 0.05) is 10.6 Å². The van der Waals surface area contributed by atoms with Gasteiger partial charge < -0.3 is 20.6 Å². The Morgan fingerprint density at radius 2 is 1.88 bits per heavy atom. The van der Waals surface area contributed by atoms with E-state index in [-0.39, 0.29) is 23.7 Å². The maximum Gasteiger partial charge on any atom is 0.337 e. The summed E-state index contributed by atoms with van der Waals surface area (Å²) in [6, 6.07) is 14.3. The Labute approximate surface area is 195 Å². The fourth-order valence-corrected chi connectivity index (χ4v) is 3.56. The Morgan fingerprint density at radius 3 is 2.62 bits per heavy atom. The van der Waals surface area contributed by atoms with Crippen LogP contribution in [0.1, 0.15) is 29.0 Å². The van der Waals surface area contributed by atoms with E-state index in [0.29, 0.717) is 46.5 Å². The summed E-state index contributed by atoms with van der Waals surface area (Å²) in [7, 11) is 0. The predicted octanol–water partition coefficient (Wildman–Crippen LogP) is 4.79. The summed E-state index contributed by atoms with van der Waals surface area (Å²) in [5.74, 6) is -0.299. The van der Waals surface area contributed by atoms with Crippen LogP contribution in [-0.4, -0.2) is 29.6 Å². The lowest BCUT2D eigenvalue weighted by molar-refractivity contribution is -0.118. The van der Waals surface area contributed by atoms with Crippen LogP contribution in [0.5, 0.6) is 0 Å². The Bertz CT molecular complexity index is 1100. The number of para-hydroxylation sites is 1. The number of nitrogens with one attached hydrogen (secondary N) is 2. The van der Waals surface area contributed by atoms with Crippen LogP contribution < -0.4 is 16.4 Å². The molecule has 7 nitrogen and oxygen atoms in total. The molecule has 3 aromatic rings. The number of carbonyl (C=O) groups is 2. The molecule has 1 aromatic heterocycles. The lowest BCUT2D eigenvalue weighted by atomic mass is 10.1. The molecule has 1 unspecified atom stereocenters. The third kappa shape index (κ3) is 6.11. The Hall–Kier alpha value is -2.84. The summed E-state index contributed by atoms with van der Waals surface area (Å²) in [6.07, 6.45) is 1.10. The number of hydrogen-bond acceptors (Lipinski definition) is 5. The van der Waals surface area contributed by atoms with E-state index in [9.17, 15) is 14.7 Å². The number of hydrogen-bond donors (Lipinski definition) is 4. The lowest BCUT2D eigenvalue weighted by Crippen LogP contribution is -2.40. The minimum Gasteiger partial charge on any atom is -0.478 e. The zero-order valence-corrected chi connectivity index (χ0v) is 18.6. The molecule has 0 aliphatic rings. The summed E-state index contributed by atoms with van der Waals surface area (Å²) >= 11 is 12.3. The topological polar surface area (TPSA) is 118 Å². The van der Waals surface area contributed by atoms with Crippen LogP contribution in [0.2, 0.25) is 10.0 Å². The van der Waals surface area contributed by atoms with Crippen LogP contribution in [-0.2, 0) is 11.3 Å². The number of benzene rings is 2. The molecule has 3 rings (SSSR count). The van der Waals surface area contributed by atoms with Gasteiger partial charge in [-0.25, -0.2) is 4.79 Å². The molecule has 0 radical (unpaired) electrons. The van der Waals surface area contributed by atoms with E-state index < -0.39 is 12.0 Å². The summed E-state index contributed by atoms with van der Waals surface area (Å²) in [4.78, 5) is 24.3. The number of amides is 1.